The van der Waals surface area contributed by atoms with Crippen molar-refractivity contribution in [1.82, 2.24) is 9.97 Å². The topological polar surface area (TPSA) is 75.9 Å². The molecule has 2 rings (SSSR count). The van der Waals surface area contributed by atoms with Crippen molar-refractivity contribution in [3.05, 3.63) is 12.0 Å². The van der Waals surface area contributed by atoms with Crippen LogP contribution in [0, 0.1) is 0 Å². The zero-order valence-electron chi connectivity index (χ0n) is 5.96. The van der Waals surface area contributed by atoms with Gasteiger partial charge in [-0.05, 0) is 0 Å². The van der Waals surface area contributed by atoms with Gasteiger partial charge >= 0.3 is 0 Å². The van der Waals surface area contributed by atoms with Crippen molar-refractivity contribution >= 4 is 11.5 Å². The van der Waals surface area contributed by atoms with Crippen LogP contribution in [0.2, 0.25) is 0 Å². The number of nitrogens with two attached hydrogens (primary N) is 1. The van der Waals surface area contributed by atoms with E-state index in [-0.39, 0.29) is 0 Å². The van der Waals surface area contributed by atoms with Crippen molar-refractivity contribution < 1.29 is 0 Å². The summed E-state index contributed by atoms with van der Waals surface area (Å²) in [6, 6.07) is 0. The standard InChI is InChI=1S/C6H9N5/c7-1-4-5-6(10-2-8-4)11-3-9-5/h2,9H,1,3,7H2,(H,8,10,11). The van der Waals surface area contributed by atoms with Crippen molar-refractivity contribution in [2.75, 3.05) is 17.3 Å². The van der Waals surface area contributed by atoms with E-state index >= 15 is 0 Å². The van der Waals surface area contributed by atoms with Gasteiger partial charge in [0.25, 0.3) is 0 Å². The van der Waals surface area contributed by atoms with E-state index in [9.17, 15) is 0 Å². The van der Waals surface area contributed by atoms with Crippen LogP contribution >= 0.6 is 0 Å². The summed E-state index contributed by atoms with van der Waals surface area (Å²) in [5, 5.41) is 6.16. The Balaban J connectivity index is 2.50. The highest BCUT2D eigenvalue weighted by Crippen LogP contribution is 2.24. The molecule has 0 radical (unpaired) electrons. The fourth-order valence-corrected chi connectivity index (χ4v) is 1.11. The Kier molecular flexibility index (Phi) is 1.36. The SMILES string of the molecule is NCc1ncnc2c1NCN2. The fraction of sp³-hybridized carbons (Fsp3) is 0.333. The van der Waals surface area contributed by atoms with Crippen LogP contribution in [0.25, 0.3) is 0 Å². The van der Waals surface area contributed by atoms with Crippen LogP contribution in [0.3, 0.4) is 0 Å². The summed E-state index contributed by atoms with van der Waals surface area (Å²) in [7, 11) is 0. The second-order valence-electron chi connectivity index (χ2n) is 2.28. The lowest BCUT2D eigenvalue weighted by atomic mass is 10.3. The largest absolute Gasteiger partial charge is 0.363 e. The van der Waals surface area contributed by atoms with Gasteiger partial charge in [0.15, 0.2) is 5.82 Å². The Morgan fingerprint density at radius 1 is 1.45 bits per heavy atom. The molecule has 5 heteroatoms. The molecule has 5 nitrogen and oxygen atoms in total. The molecule has 0 amide bonds. The average molecular weight is 151 g/mol. The molecule has 11 heavy (non-hydrogen) atoms. The second kappa shape index (κ2) is 2.35. The number of fused-ring (bicyclic) bond motifs is 1. The van der Waals surface area contributed by atoms with Gasteiger partial charge in [-0.3, -0.25) is 0 Å². The lowest BCUT2D eigenvalue weighted by Crippen LogP contribution is -2.04. The van der Waals surface area contributed by atoms with Crippen molar-refractivity contribution in [2.24, 2.45) is 5.73 Å². The summed E-state index contributed by atoms with van der Waals surface area (Å²) in [5.74, 6) is 0.848. The molecule has 1 aliphatic heterocycles. The summed E-state index contributed by atoms with van der Waals surface area (Å²) in [4.78, 5) is 8.06. The lowest BCUT2D eigenvalue weighted by molar-refractivity contribution is 0.975. The predicted molar refractivity (Wildman–Crippen MR) is 42.0 cm³/mol. The summed E-state index contributed by atoms with van der Waals surface area (Å²) in [5.41, 5.74) is 7.27. The highest BCUT2D eigenvalue weighted by atomic mass is 15.2. The van der Waals surface area contributed by atoms with E-state index in [1.54, 1.807) is 0 Å². The van der Waals surface area contributed by atoms with E-state index in [0.29, 0.717) is 13.2 Å². The van der Waals surface area contributed by atoms with E-state index in [1.165, 1.54) is 6.33 Å². The fourth-order valence-electron chi connectivity index (χ4n) is 1.11. The Bertz CT molecular complexity index is 272. The molecule has 0 atom stereocenters. The first kappa shape index (κ1) is 6.36. The first-order valence-corrected chi connectivity index (χ1v) is 3.43. The molecule has 0 unspecified atom stereocenters. The number of aromatic nitrogens is 2. The molecular weight excluding hydrogens is 142 g/mol. The van der Waals surface area contributed by atoms with Gasteiger partial charge in [0, 0.05) is 6.54 Å². The molecule has 4 N–H and O–H groups in total. The van der Waals surface area contributed by atoms with E-state index in [4.69, 9.17) is 5.73 Å². The van der Waals surface area contributed by atoms with Crippen molar-refractivity contribution in [3.8, 4) is 0 Å². The van der Waals surface area contributed by atoms with Gasteiger partial charge in [-0.15, -0.1) is 0 Å². The first-order valence-electron chi connectivity index (χ1n) is 3.43. The van der Waals surface area contributed by atoms with Crippen molar-refractivity contribution in [2.45, 2.75) is 6.54 Å². The third-order valence-electron chi connectivity index (χ3n) is 1.64. The maximum absolute atomic E-state index is 5.46. The summed E-state index contributed by atoms with van der Waals surface area (Å²) < 4.78 is 0. The average Bonchev–Trinajstić information content (AvgIpc) is 2.50. The minimum Gasteiger partial charge on any atom is -0.363 e. The number of anilines is 2. The molecular formula is C6H9N5. The van der Waals surface area contributed by atoms with Gasteiger partial charge in [-0.25, -0.2) is 9.97 Å². The van der Waals surface area contributed by atoms with Crippen LogP contribution in [0.15, 0.2) is 6.33 Å². The third-order valence-corrected chi connectivity index (χ3v) is 1.64. The van der Waals surface area contributed by atoms with E-state index in [1.807, 2.05) is 0 Å². The van der Waals surface area contributed by atoms with E-state index in [2.05, 4.69) is 20.6 Å². The number of rotatable bonds is 1. The first-order chi connectivity index (χ1) is 5.42. The third kappa shape index (κ3) is 0.894. The minimum absolute atomic E-state index is 0.444. The smallest absolute Gasteiger partial charge is 0.154 e. The van der Waals surface area contributed by atoms with Gasteiger partial charge in [0.1, 0.15) is 12.0 Å². The Morgan fingerprint density at radius 3 is 3.18 bits per heavy atom. The molecule has 2 heterocycles. The van der Waals surface area contributed by atoms with Gasteiger partial charge in [0.2, 0.25) is 0 Å². The number of hydrogen-bond acceptors (Lipinski definition) is 5. The van der Waals surface area contributed by atoms with Gasteiger partial charge in [-0.2, -0.15) is 0 Å². The van der Waals surface area contributed by atoms with Crippen LogP contribution in [0.4, 0.5) is 11.5 Å². The van der Waals surface area contributed by atoms with E-state index < -0.39 is 0 Å². The summed E-state index contributed by atoms with van der Waals surface area (Å²) in [6.45, 7) is 1.15. The van der Waals surface area contributed by atoms with Crippen molar-refractivity contribution in [1.29, 1.82) is 0 Å². The summed E-state index contributed by atoms with van der Waals surface area (Å²) in [6.07, 6.45) is 1.51. The Labute approximate surface area is 64.0 Å². The number of hydrogen-bond donors (Lipinski definition) is 3. The monoisotopic (exact) mass is 151 g/mol. The molecule has 0 bridgehead atoms. The maximum atomic E-state index is 5.46. The molecule has 0 fully saturated rings. The Morgan fingerprint density at radius 2 is 2.36 bits per heavy atom. The second-order valence-corrected chi connectivity index (χ2v) is 2.28. The number of nitrogens with one attached hydrogen (secondary N) is 2. The molecule has 1 aromatic heterocycles. The highest BCUT2D eigenvalue weighted by Gasteiger charge is 2.13. The molecule has 0 aliphatic carbocycles. The molecule has 0 saturated heterocycles. The highest BCUT2D eigenvalue weighted by molar-refractivity contribution is 5.70. The zero-order chi connectivity index (χ0) is 7.68. The van der Waals surface area contributed by atoms with Crippen LogP contribution < -0.4 is 16.4 Å². The summed E-state index contributed by atoms with van der Waals surface area (Å²) >= 11 is 0. The molecule has 0 aromatic carbocycles. The minimum atomic E-state index is 0.444. The normalized spacial score (nSPS) is 13.5. The lowest BCUT2D eigenvalue weighted by Gasteiger charge is -2.01. The number of nitrogens with zero attached hydrogens (tertiary/aromatic N) is 2. The predicted octanol–water partition coefficient (Wildman–Crippen LogP) is -0.270. The van der Waals surface area contributed by atoms with Crippen molar-refractivity contribution in [3.63, 3.8) is 0 Å². The molecule has 0 spiro atoms. The molecule has 1 aromatic rings. The van der Waals surface area contributed by atoms with Gasteiger partial charge in [-0.1, -0.05) is 0 Å². The van der Waals surface area contributed by atoms with Crippen LogP contribution in [0.5, 0.6) is 0 Å². The van der Waals surface area contributed by atoms with Gasteiger partial charge in [0.05, 0.1) is 12.4 Å². The zero-order valence-corrected chi connectivity index (χ0v) is 5.96. The maximum Gasteiger partial charge on any atom is 0.154 e. The van der Waals surface area contributed by atoms with Crippen LogP contribution in [-0.2, 0) is 6.54 Å². The van der Waals surface area contributed by atoms with Gasteiger partial charge < -0.3 is 16.4 Å². The quantitative estimate of drug-likeness (QED) is 0.515. The molecule has 58 valence electrons. The van der Waals surface area contributed by atoms with E-state index in [0.717, 1.165) is 17.2 Å². The van der Waals surface area contributed by atoms with Crippen LogP contribution in [0.1, 0.15) is 5.69 Å². The molecule has 0 saturated carbocycles. The Hall–Kier alpha value is -1.36. The molecule has 1 aliphatic rings. The van der Waals surface area contributed by atoms with Crippen LogP contribution in [-0.4, -0.2) is 16.6 Å².